The van der Waals surface area contributed by atoms with Gasteiger partial charge in [0.15, 0.2) is 9.84 Å². The van der Waals surface area contributed by atoms with Gasteiger partial charge in [0.2, 0.25) is 5.91 Å². The topological polar surface area (TPSA) is 54.5 Å². The Hall–Kier alpha value is -2.47. The Balaban J connectivity index is 1.74. The molecule has 1 aliphatic rings. The molecule has 0 aromatic heterocycles. The van der Waals surface area contributed by atoms with Crippen molar-refractivity contribution in [2.24, 2.45) is 5.92 Å². The van der Waals surface area contributed by atoms with Crippen LogP contribution in [0, 0.1) is 11.7 Å². The molecule has 136 valence electrons. The Morgan fingerprint density at radius 3 is 2.19 bits per heavy atom. The lowest BCUT2D eigenvalue weighted by Gasteiger charge is -2.24. The van der Waals surface area contributed by atoms with Gasteiger partial charge in [0, 0.05) is 30.8 Å². The van der Waals surface area contributed by atoms with Crippen LogP contribution in [0.1, 0.15) is 17.5 Å². The van der Waals surface area contributed by atoms with Gasteiger partial charge in [0.05, 0.1) is 5.75 Å². The van der Waals surface area contributed by atoms with E-state index >= 15 is 0 Å². The zero-order chi connectivity index (χ0) is 18.6. The fraction of sp³-hybridized carbons (Fsp3) is 0.250. The third-order valence-electron chi connectivity index (χ3n) is 4.30. The molecule has 0 fully saturated rings. The van der Waals surface area contributed by atoms with Crippen LogP contribution in [0.5, 0.6) is 0 Å². The molecule has 0 saturated carbocycles. The molecule has 0 unspecified atom stereocenters. The lowest BCUT2D eigenvalue weighted by atomic mass is 10.1. The Morgan fingerprint density at radius 1 is 1.00 bits per heavy atom. The third kappa shape index (κ3) is 5.02. The largest absolute Gasteiger partial charge is 0.334 e. The van der Waals surface area contributed by atoms with E-state index in [0.29, 0.717) is 13.1 Å². The van der Waals surface area contributed by atoms with Crippen molar-refractivity contribution in [2.75, 3.05) is 5.75 Å². The van der Waals surface area contributed by atoms with Crippen LogP contribution < -0.4 is 0 Å². The van der Waals surface area contributed by atoms with Crippen LogP contribution in [0.15, 0.2) is 66.1 Å². The number of nitrogens with zero attached hydrogens (tertiary/aromatic N) is 1. The minimum atomic E-state index is -3.18. The van der Waals surface area contributed by atoms with Crippen molar-refractivity contribution >= 4 is 15.7 Å². The Labute approximate surface area is 152 Å². The maximum atomic E-state index is 13.1. The number of halogens is 1. The number of sulfone groups is 1. The molecule has 0 bridgehead atoms. The van der Waals surface area contributed by atoms with Gasteiger partial charge in [0.25, 0.3) is 0 Å². The predicted molar refractivity (Wildman–Crippen MR) is 98.1 cm³/mol. The molecule has 0 N–H and O–H groups in total. The van der Waals surface area contributed by atoms with E-state index in [1.807, 2.05) is 30.3 Å². The van der Waals surface area contributed by atoms with Crippen LogP contribution in [-0.4, -0.2) is 25.0 Å². The minimum absolute atomic E-state index is 0.0194. The molecular formula is C20H20FNO3S. The molecule has 26 heavy (non-hydrogen) atoms. The number of rotatable bonds is 6. The quantitative estimate of drug-likeness (QED) is 0.781. The molecule has 4 nitrogen and oxygen atoms in total. The number of benzene rings is 2. The summed E-state index contributed by atoms with van der Waals surface area (Å²) in [6.45, 7) is 0.761. The van der Waals surface area contributed by atoms with Gasteiger partial charge in [-0.15, -0.1) is 0 Å². The lowest BCUT2D eigenvalue weighted by Crippen LogP contribution is -2.31. The van der Waals surface area contributed by atoms with E-state index in [2.05, 4.69) is 0 Å². The van der Waals surface area contributed by atoms with Crippen molar-refractivity contribution in [1.82, 2.24) is 4.90 Å². The van der Waals surface area contributed by atoms with Crippen LogP contribution in [-0.2, 0) is 27.7 Å². The Morgan fingerprint density at radius 2 is 1.62 bits per heavy atom. The number of hydrogen-bond donors (Lipinski definition) is 0. The van der Waals surface area contributed by atoms with Gasteiger partial charge in [-0.3, -0.25) is 4.79 Å². The molecule has 1 amide bonds. The van der Waals surface area contributed by atoms with E-state index in [-0.39, 0.29) is 29.8 Å². The molecule has 2 aromatic carbocycles. The van der Waals surface area contributed by atoms with Crippen LogP contribution >= 0.6 is 0 Å². The van der Waals surface area contributed by atoms with Gasteiger partial charge in [0.1, 0.15) is 5.82 Å². The number of carbonyl (C=O) groups excluding carboxylic acids is 1. The summed E-state index contributed by atoms with van der Waals surface area (Å²) in [5.41, 5.74) is 1.81. The molecule has 1 atom stereocenters. The zero-order valence-corrected chi connectivity index (χ0v) is 15.0. The van der Waals surface area contributed by atoms with Gasteiger partial charge in [-0.25, -0.2) is 12.8 Å². The molecule has 2 aromatic rings. The van der Waals surface area contributed by atoms with Gasteiger partial charge < -0.3 is 4.90 Å². The van der Waals surface area contributed by atoms with Crippen LogP contribution in [0.3, 0.4) is 0 Å². The van der Waals surface area contributed by atoms with Crippen molar-refractivity contribution in [1.29, 1.82) is 0 Å². The first-order chi connectivity index (χ1) is 12.4. The molecule has 6 heteroatoms. The first-order valence-corrected chi connectivity index (χ1v) is 10.1. The van der Waals surface area contributed by atoms with Gasteiger partial charge in [-0.05, 0) is 23.3 Å². The second-order valence-corrected chi connectivity index (χ2v) is 8.42. The van der Waals surface area contributed by atoms with Gasteiger partial charge in [-0.2, -0.15) is 0 Å². The Kier molecular flexibility index (Phi) is 5.52. The molecule has 1 aliphatic heterocycles. The number of hydrogen-bond acceptors (Lipinski definition) is 3. The minimum Gasteiger partial charge on any atom is -0.334 e. The van der Waals surface area contributed by atoms with Crippen molar-refractivity contribution in [2.45, 2.75) is 19.5 Å². The fourth-order valence-corrected chi connectivity index (χ4v) is 4.37. The van der Waals surface area contributed by atoms with E-state index in [4.69, 9.17) is 0 Å². The lowest BCUT2D eigenvalue weighted by molar-refractivity contribution is -0.133. The summed E-state index contributed by atoms with van der Waals surface area (Å²) in [7, 11) is -3.18. The van der Waals surface area contributed by atoms with Gasteiger partial charge in [-0.1, -0.05) is 48.5 Å². The SMILES string of the molecule is O=C(C[C@@H]1C=CS(=O)(=O)C1)N(Cc1ccccc1)Cc1ccc(F)cc1. The smallest absolute Gasteiger partial charge is 0.223 e. The van der Waals surface area contributed by atoms with Gasteiger partial charge >= 0.3 is 0 Å². The van der Waals surface area contributed by atoms with Crippen LogP contribution in [0.2, 0.25) is 0 Å². The maximum Gasteiger partial charge on any atom is 0.223 e. The number of carbonyl (C=O) groups is 1. The summed E-state index contributed by atoms with van der Waals surface area (Å²) < 4.78 is 36.2. The van der Waals surface area contributed by atoms with Crippen molar-refractivity contribution in [3.05, 3.63) is 83.0 Å². The van der Waals surface area contributed by atoms with Crippen LogP contribution in [0.25, 0.3) is 0 Å². The maximum absolute atomic E-state index is 13.1. The molecule has 1 heterocycles. The number of allylic oxidation sites excluding steroid dienone is 1. The fourth-order valence-electron chi connectivity index (χ4n) is 2.97. The normalized spacial score (nSPS) is 18.0. The van der Waals surface area contributed by atoms with E-state index in [1.54, 1.807) is 23.1 Å². The molecular weight excluding hydrogens is 353 g/mol. The summed E-state index contributed by atoms with van der Waals surface area (Å²) in [6.07, 6.45) is 1.73. The van der Waals surface area contributed by atoms with Crippen molar-refractivity contribution < 1.29 is 17.6 Å². The van der Waals surface area contributed by atoms with Crippen LogP contribution in [0.4, 0.5) is 4.39 Å². The highest BCUT2D eigenvalue weighted by molar-refractivity contribution is 7.94. The molecule has 0 radical (unpaired) electrons. The van der Waals surface area contributed by atoms with Crippen molar-refractivity contribution in [3.63, 3.8) is 0 Å². The second-order valence-electron chi connectivity index (χ2n) is 6.48. The molecule has 0 saturated heterocycles. The summed E-state index contributed by atoms with van der Waals surface area (Å²) in [4.78, 5) is 14.5. The highest BCUT2D eigenvalue weighted by atomic mass is 32.2. The predicted octanol–water partition coefficient (Wildman–Crippen LogP) is 3.30. The Bertz CT molecular complexity index is 892. The number of amides is 1. The van der Waals surface area contributed by atoms with E-state index < -0.39 is 9.84 Å². The highest BCUT2D eigenvalue weighted by Gasteiger charge is 2.26. The highest BCUT2D eigenvalue weighted by Crippen LogP contribution is 2.21. The molecule has 0 spiro atoms. The van der Waals surface area contributed by atoms with E-state index in [1.165, 1.54) is 17.5 Å². The third-order valence-corrected chi connectivity index (χ3v) is 5.76. The molecule has 3 rings (SSSR count). The van der Waals surface area contributed by atoms with E-state index in [9.17, 15) is 17.6 Å². The zero-order valence-electron chi connectivity index (χ0n) is 14.2. The first-order valence-electron chi connectivity index (χ1n) is 8.38. The standard InChI is InChI=1S/C20H20FNO3S/c21-19-8-6-17(7-9-19)14-22(13-16-4-2-1-3-5-16)20(23)12-18-10-11-26(24,25)15-18/h1-11,18H,12-15H2/t18-/m0/s1. The monoisotopic (exact) mass is 373 g/mol. The summed E-state index contributed by atoms with van der Waals surface area (Å²) >= 11 is 0. The van der Waals surface area contributed by atoms with E-state index in [0.717, 1.165) is 11.1 Å². The summed E-state index contributed by atoms with van der Waals surface area (Å²) in [5.74, 6) is -0.756. The molecule has 0 aliphatic carbocycles. The average molecular weight is 373 g/mol. The second kappa shape index (κ2) is 7.83. The average Bonchev–Trinajstić information content (AvgIpc) is 2.95. The summed E-state index contributed by atoms with van der Waals surface area (Å²) in [6, 6.07) is 15.6. The first kappa shape index (κ1) is 18.3. The summed E-state index contributed by atoms with van der Waals surface area (Å²) in [5, 5.41) is 1.19. The van der Waals surface area contributed by atoms with Crippen molar-refractivity contribution in [3.8, 4) is 0 Å².